The summed E-state index contributed by atoms with van der Waals surface area (Å²) in [5, 5.41) is 13.2. The third-order valence-electron chi connectivity index (χ3n) is 5.06. The van der Waals surface area contributed by atoms with Gasteiger partial charge in [0.05, 0.1) is 0 Å². The zero-order valence-corrected chi connectivity index (χ0v) is 15.0. The molecule has 0 bridgehead atoms. The summed E-state index contributed by atoms with van der Waals surface area (Å²) < 4.78 is 67.6. The Morgan fingerprint density at radius 1 is 0.862 bits per heavy atom. The molecule has 1 aromatic heterocycles. The Hall–Kier alpha value is -3.10. The number of pyridine rings is 1. The molecule has 0 atom stereocenters. The van der Waals surface area contributed by atoms with Crippen molar-refractivity contribution in [1.29, 1.82) is 0 Å². The van der Waals surface area contributed by atoms with Crippen LogP contribution in [0.2, 0.25) is 0 Å². The number of phenols is 1. The van der Waals surface area contributed by atoms with Crippen LogP contribution in [0.4, 0.5) is 33.5 Å². The summed E-state index contributed by atoms with van der Waals surface area (Å²) >= 11 is 0. The quantitative estimate of drug-likeness (QED) is 0.374. The number of aromatic nitrogens is 1. The van der Waals surface area contributed by atoms with Crippen molar-refractivity contribution in [3.63, 3.8) is 0 Å². The number of phenolic OH excluding ortho intramolecular Hbond substituents is 1. The van der Waals surface area contributed by atoms with Gasteiger partial charge in [-0.05, 0) is 31.0 Å². The number of halogens is 5. The molecule has 0 radical (unpaired) electrons. The number of hydrogen-bond donors (Lipinski definition) is 2. The molecule has 4 rings (SSSR count). The van der Waals surface area contributed by atoms with E-state index < -0.39 is 40.8 Å². The molecular weight excluding hydrogens is 393 g/mol. The average molecular weight is 409 g/mol. The lowest BCUT2D eigenvalue weighted by Crippen LogP contribution is -2.40. The summed E-state index contributed by atoms with van der Waals surface area (Å²) in [5.41, 5.74) is -0.541. The lowest BCUT2D eigenvalue weighted by Gasteiger charge is -2.34. The second kappa shape index (κ2) is 7.38. The predicted molar refractivity (Wildman–Crippen MR) is 98.5 cm³/mol. The van der Waals surface area contributed by atoms with Gasteiger partial charge in [0.1, 0.15) is 22.8 Å². The molecule has 1 fully saturated rings. The molecule has 1 aliphatic heterocycles. The highest BCUT2D eigenvalue weighted by molar-refractivity contribution is 5.85. The van der Waals surface area contributed by atoms with E-state index in [0.717, 1.165) is 5.39 Å². The zero-order chi connectivity index (χ0) is 20.7. The predicted octanol–water partition coefficient (Wildman–Crippen LogP) is 4.72. The Balaban J connectivity index is 1.49. The molecular formula is C20H16F5N3O. The first kappa shape index (κ1) is 19.2. The van der Waals surface area contributed by atoms with Gasteiger partial charge in [0, 0.05) is 24.5 Å². The second-order valence-corrected chi connectivity index (χ2v) is 6.87. The summed E-state index contributed by atoms with van der Waals surface area (Å²) in [6, 6.07) is 8.25. The van der Waals surface area contributed by atoms with Crippen LogP contribution in [-0.2, 0) is 0 Å². The second-order valence-electron chi connectivity index (χ2n) is 6.87. The van der Waals surface area contributed by atoms with E-state index in [4.69, 9.17) is 0 Å². The Bertz CT molecular complexity index is 1050. The first-order chi connectivity index (χ1) is 13.9. The van der Waals surface area contributed by atoms with Gasteiger partial charge >= 0.3 is 0 Å². The fraction of sp³-hybridized carbons (Fsp3) is 0.250. The van der Waals surface area contributed by atoms with Crippen molar-refractivity contribution < 1.29 is 27.1 Å². The van der Waals surface area contributed by atoms with Gasteiger partial charge in [0.15, 0.2) is 23.3 Å². The van der Waals surface area contributed by atoms with Crippen molar-refractivity contribution in [2.75, 3.05) is 23.3 Å². The number of fused-ring (bicyclic) bond motifs is 1. The summed E-state index contributed by atoms with van der Waals surface area (Å²) in [4.78, 5) is 6.40. The molecule has 0 aliphatic carbocycles. The standard InChI is InChI=1S/C20H16F5N3O/c21-14-15(22)17(24)20(18(25)16(14)23)26-11-6-8-28(9-7-11)13-5-4-10-2-1-3-12(29)19(10)27-13/h1-5,11,26,29H,6-9H2. The van der Waals surface area contributed by atoms with Gasteiger partial charge in [0.25, 0.3) is 0 Å². The minimum atomic E-state index is -2.17. The number of aromatic hydroxyl groups is 1. The van der Waals surface area contributed by atoms with Gasteiger partial charge in [-0.15, -0.1) is 0 Å². The highest BCUT2D eigenvalue weighted by Gasteiger charge is 2.28. The van der Waals surface area contributed by atoms with E-state index in [1.54, 1.807) is 18.2 Å². The zero-order valence-electron chi connectivity index (χ0n) is 15.0. The van der Waals surface area contributed by atoms with Gasteiger partial charge in [-0.25, -0.2) is 26.9 Å². The average Bonchev–Trinajstić information content (AvgIpc) is 2.74. The molecule has 0 unspecified atom stereocenters. The third-order valence-corrected chi connectivity index (χ3v) is 5.06. The largest absolute Gasteiger partial charge is 0.506 e. The maximum Gasteiger partial charge on any atom is 0.200 e. The van der Waals surface area contributed by atoms with E-state index in [1.807, 2.05) is 17.0 Å². The maximum absolute atomic E-state index is 13.9. The first-order valence-corrected chi connectivity index (χ1v) is 8.98. The van der Waals surface area contributed by atoms with E-state index in [1.165, 1.54) is 0 Å². The Labute approximate surface area is 162 Å². The van der Waals surface area contributed by atoms with Gasteiger partial charge < -0.3 is 15.3 Å². The van der Waals surface area contributed by atoms with E-state index in [0.29, 0.717) is 37.3 Å². The highest BCUT2D eigenvalue weighted by Crippen LogP contribution is 2.30. The molecule has 4 nitrogen and oxygen atoms in total. The van der Waals surface area contributed by atoms with Crippen LogP contribution in [0, 0.1) is 29.1 Å². The Morgan fingerprint density at radius 2 is 1.48 bits per heavy atom. The third kappa shape index (κ3) is 3.41. The topological polar surface area (TPSA) is 48.4 Å². The molecule has 0 amide bonds. The number of rotatable bonds is 3. The van der Waals surface area contributed by atoms with Crippen LogP contribution >= 0.6 is 0 Å². The summed E-state index contributed by atoms with van der Waals surface area (Å²) in [6.45, 7) is 0.915. The maximum atomic E-state index is 13.9. The molecule has 1 aliphatic rings. The van der Waals surface area contributed by atoms with Crippen molar-refractivity contribution in [1.82, 2.24) is 4.98 Å². The Kier molecular flexibility index (Phi) is 4.89. The van der Waals surface area contributed by atoms with Gasteiger partial charge in [-0.3, -0.25) is 0 Å². The van der Waals surface area contributed by atoms with Crippen molar-refractivity contribution in [3.05, 3.63) is 59.4 Å². The minimum absolute atomic E-state index is 0.0622. The van der Waals surface area contributed by atoms with Gasteiger partial charge in [-0.1, -0.05) is 12.1 Å². The molecule has 152 valence electrons. The lowest BCUT2D eigenvalue weighted by atomic mass is 10.0. The van der Waals surface area contributed by atoms with Crippen LogP contribution in [0.5, 0.6) is 5.75 Å². The molecule has 3 aromatic rings. The van der Waals surface area contributed by atoms with Crippen molar-refractivity contribution in [2.45, 2.75) is 18.9 Å². The van der Waals surface area contributed by atoms with Gasteiger partial charge in [-0.2, -0.15) is 0 Å². The van der Waals surface area contributed by atoms with E-state index >= 15 is 0 Å². The molecule has 1 saturated heterocycles. The molecule has 0 saturated carbocycles. The molecule has 2 heterocycles. The van der Waals surface area contributed by atoms with Crippen LogP contribution in [0.3, 0.4) is 0 Å². The summed E-state index contributed by atoms with van der Waals surface area (Å²) in [7, 11) is 0. The van der Waals surface area contributed by atoms with Crippen LogP contribution < -0.4 is 10.2 Å². The monoisotopic (exact) mass is 409 g/mol. The van der Waals surface area contributed by atoms with E-state index in [2.05, 4.69) is 10.3 Å². The number of benzene rings is 2. The summed E-state index contributed by atoms with van der Waals surface area (Å²) in [6.07, 6.45) is 0.806. The molecule has 29 heavy (non-hydrogen) atoms. The summed E-state index contributed by atoms with van der Waals surface area (Å²) in [5.74, 6) is -9.15. The number of piperidine rings is 1. The molecule has 2 N–H and O–H groups in total. The fourth-order valence-corrected chi connectivity index (χ4v) is 3.49. The van der Waals surface area contributed by atoms with Crippen molar-refractivity contribution >= 4 is 22.4 Å². The van der Waals surface area contributed by atoms with Crippen LogP contribution in [0.1, 0.15) is 12.8 Å². The van der Waals surface area contributed by atoms with Gasteiger partial charge in [0.2, 0.25) is 5.82 Å². The Morgan fingerprint density at radius 3 is 2.14 bits per heavy atom. The fourth-order valence-electron chi connectivity index (χ4n) is 3.49. The van der Waals surface area contributed by atoms with Crippen molar-refractivity contribution in [2.24, 2.45) is 0 Å². The molecule has 0 spiro atoms. The van der Waals surface area contributed by atoms with E-state index in [-0.39, 0.29) is 5.75 Å². The smallest absolute Gasteiger partial charge is 0.200 e. The highest BCUT2D eigenvalue weighted by atomic mass is 19.2. The number of nitrogens with zero attached hydrogens (tertiary/aromatic N) is 2. The van der Waals surface area contributed by atoms with Crippen LogP contribution in [0.25, 0.3) is 10.9 Å². The van der Waals surface area contributed by atoms with Crippen LogP contribution in [-0.4, -0.2) is 29.2 Å². The normalized spacial score (nSPS) is 15.1. The molecule has 9 heteroatoms. The minimum Gasteiger partial charge on any atom is -0.506 e. The number of anilines is 2. The number of para-hydroxylation sites is 1. The van der Waals surface area contributed by atoms with E-state index in [9.17, 15) is 27.1 Å². The first-order valence-electron chi connectivity index (χ1n) is 8.98. The molecule has 2 aromatic carbocycles. The van der Waals surface area contributed by atoms with Crippen LogP contribution in [0.15, 0.2) is 30.3 Å². The number of nitrogens with one attached hydrogen (secondary N) is 1. The SMILES string of the molecule is Oc1cccc2ccc(N3CCC(Nc4c(F)c(F)c(F)c(F)c4F)CC3)nc12. The lowest BCUT2D eigenvalue weighted by molar-refractivity contribution is 0.379. The van der Waals surface area contributed by atoms with Crippen molar-refractivity contribution in [3.8, 4) is 5.75 Å². The number of hydrogen-bond acceptors (Lipinski definition) is 4.